The molecule has 4 rings (SSSR count). The van der Waals surface area contributed by atoms with Gasteiger partial charge in [-0.2, -0.15) is 0 Å². The molecule has 3 heterocycles. The molecular weight excluding hydrogens is 380 g/mol. The maximum absolute atomic E-state index is 12.8. The fourth-order valence-electron chi connectivity index (χ4n) is 4.11. The SMILES string of the molecule is O=C(Cc1ccc(Br)cc1)N1C2CCC1CC(Oc1ccncc1)C2. The van der Waals surface area contributed by atoms with E-state index in [2.05, 4.69) is 25.8 Å². The molecule has 2 aliphatic heterocycles. The van der Waals surface area contributed by atoms with E-state index in [1.54, 1.807) is 12.4 Å². The van der Waals surface area contributed by atoms with E-state index < -0.39 is 0 Å². The maximum atomic E-state index is 12.8. The largest absolute Gasteiger partial charge is 0.490 e. The summed E-state index contributed by atoms with van der Waals surface area (Å²) in [6, 6.07) is 12.4. The number of benzene rings is 1. The van der Waals surface area contributed by atoms with E-state index in [-0.39, 0.29) is 12.0 Å². The number of nitrogens with zero attached hydrogens (tertiary/aromatic N) is 2. The summed E-state index contributed by atoms with van der Waals surface area (Å²) in [6.45, 7) is 0. The molecule has 2 atom stereocenters. The highest BCUT2D eigenvalue weighted by molar-refractivity contribution is 9.10. The van der Waals surface area contributed by atoms with Crippen LogP contribution in [-0.4, -0.2) is 34.0 Å². The van der Waals surface area contributed by atoms with Gasteiger partial charge in [0, 0.05) is 41.8 Å². The Morgan fingerprint density at radius 3 is 2.36 bits per heavy atom. The molecule has 0 N–H and O–H groups in total. The van der Waals surface area contributed by atoms with Crippen LogP contribution in [0.25, 0.3) is 0 Å². The van der Waals surface area contributed by atoms with Gasteiger partial charge in [-0.05, 0) is 42.7 Å². The molecule has 2 fully saturated rings. The Hall–Kier alpha value is -1.88. The van der Waals surface area contributed by atoms with Crippen molar-refractivity contribution in [3.8, 4) is 5.75 Å². The molecular formula is C20H21BrN2O2. The zero-order valence-electron chi connectivity index (χ0n) is 14.0. The van der Waals surface area contributed by atoms with Crippen LogP contribution in [0, 0.1) is 0 Å². The molecule has 2 saturated heterocycles. The lowest BCUT2D eigenvalue weighted by Crippen LogP contribution is -2.49. The van der Waals surface area contributed by atoms with Gasteiger partial charge in [-0.15, -0.1) is 0 Å². The normalized spacial score (nSPS) is 25.0. The number of aromatic nitrogens is 1. The zero-order valence-corrected chi connectivity index (χ0v) is 15.6. The summed E-state index contributed by atoms with van der Waals surface area (Å²) in [6.07, 6.45) is 8.20. The maximum Gasteiger partial charge on any atom is 0.227 e. The van der Waals surface area contributed by atoms with Gasteiger partial charge >= 0.3 is 0 Å². The van der Waals surface area contributed by atoms with E-state index in [0.717, 1.165) is 41.5 Å². The smallest absolute Gasteiger partial charge is 0.227 e. The lowest BCUT2D eigenvalue weighted by Gasteiger charge is -2.39. The van der Waals surface area contributed by atoms with E-state index in [9.17, 15) is 4.79 Å². The molecule has 0 aliphatic carbocycles. The summed E-state index contributed by atoms with van der Waals surface area (Å²) in [5.41, 5.74) is 1.07. The lowest BCUT2D eigenvalue weighted by atomic mass is 9.98. The van der Waals surface area contributed by atoms with Crippen LogP contribution >= 0.6 is 15.9 Å². The summed E-state index contributed by atoms with van der Waals surface area (Å²) in [4.78, 5) is 19.0. The topological polar surface area (TPSA) is 42.4 Å². The second-order valence-corrected chi connectivity index (χ2v) is 7.80. The minimum Gasteiger partial charge on any atom is -0.490 e. The van der Waals surface area contributed by atoms with Gasteiger partial charge in [-0.25, -0.2) is 0 Å². The Kier molecular flexibility index (Phi) is 4.75. The van der Waals surface area contributed by atoms with Gasteiger partial charge in [-0.1, -0.05) is 28.1 Å². The minimum atomic E-state index is 0.191. The van der Waals surface area contributed by atoms with Crippen molar-refractivity contribution in [1.29, 1.82) is 0 Å². The molecule has 0 saturated carbocycles. The first-order chi connectivity index (χ1) is 12.2. The summed E-state index contributed by atoms with van der Waals surface area (Å²) in [5.74, 6) is 1.12. The molecule has 4 nitrogen and oxygen atoms in total. The second-order valence-electron chi connectivity index (χ2n) is 6.88. The second kappa shape index (κ2) is 7.16. The van der Waals surface area contributed by atoms with Gasteiger partial charge in [0.1, 0.15) is 11.9 Å². The Balaban J connectivity index is 1.40. The zero-order chi connectivity index (χ0) is 17.2. The van der Waals surface area contributed by atoms with Crippen molar-refractivity contribution in [3.05, 3.63) is 58.8 Å². The Labute approximate surface area is 156 Å². The molecule has 25 heavy (non-hydrogen) atoms. The number of rotatable bonds is 4. The number of piperidine rings is 1. The molecule has 2 aromatic rings. The molecule has 1 amide bonds. The van der Waals surface area contributed by atoms with Gasteiger partial charge in [-0.3, -0.25) is 9.78 Å². The van der Waals surface area contributed by atoms with Crippen molar-refractivity contribution in [2.45, 2.75) is 50.3 Å². The standard InChI is InChI=1S/C20H21BrN2O2/c21-15-3-1-14(2-4-15)11-20(24)23-16-5-6-17(23)13-19(12-16)25-18-7-9-22-10-8-18/h1-4,7-10,16-17,19H,5-6,11-13H2. The van der Waals surface area contributed by atoms with Crippen LogP contribution < -0.4 is 4.74 Å². The van der Waals surface area contributed by atoms with E-state index in [4.69, 9.17) is 4.74 Å². The molecule has 2 aliphatic rings. The minimum absolute atomic E-state index is 0.191. The first-order valence-corrected chi connectivity index (χ1v) is 9.60. The van der Waals surface area contributed by atoms with Crippen LogP contribution in [0.2, 0.25) is 0 Å². The van der Waals surface area contributed by atoms with Crippen LogP contribution in [0.5, 0.6) is 5.75 Å². The van der Waals surface area contributed by atoms with Gasteiger partial charge < -0.3 is 9.64 Å². The molecule has 2 unspecified atom stereocenters. The van der Waals surface area contributed by atoms with Crippen LogP contribution in [0.3, 0.4) is 0 Å². The van der Waals surface area contributed by atoms with Crippen molar-refractivity contribution in [3.63, 3.8) is 0 Å². The van der Waals surface area contributed by atoms with Crippen LogP contribution in [0.4, 0.5) is 0 Å². The van der Waals surface area contributed by atoms with E-state index in [1.807, 2.05) is 36.4 Å². The van der Waals surface area contributed by atoms with Crippen molar-refractivity contribution in [2.24, 2.45) is 0 Å². The molecule has 0 spiro atoms. The highest BCUT2D eigenvalue weighted by atomic mass is 79.9. The Bertz CT molecular complexity index is 721. The van der Waals surface area contributed by atoms with Crippen LogP contribution in [-0.2, 0) is 11.2 Å². The number of hydrogen-bond donors (Lipinski definition) is 0. The van der Waals surface area contributed by atoms with Crippen molar-refractivity contribution < 1.29 is 9.53 Å². The predicted molar refractivity (Wildman–Crippen MR) is 99.4 cm³/mol. The van der Waals surface area contributed by atoms with Gasteiger partial charge in [0.05, 0.1) is 6.42 Å². The molecule has 0 radical (unpaired) electrons. The van der Waals surface area contributed by atoms with Crippen molar-refractivity contribution >= 4 is 21.8 Å². The number of pyridine rings is 1. The van der Waals surface area contributed by atoms with Crippen LogP contribution in [0.1, 0.15) is 31.2 Å². The fraction of sp³-hybridized carbons (Fsp3) is 0.400. The average molecular weight is 401 g/mol. The predicted octanol–water partition coefficient (Wildman–Crippen LogP) is 3.99. The number of carbonyl (C=O) groups is 1. The molecule has 130 valence electrons. The number of hydrogen-bond acceptors (Lipinski definition) is 3. The van der Waals surface area contributed by atoms with Gasteiger partial charge in [0.15, 0.2) is 0 Å². The Morgan fingerprint density at radius 1 is 1.08 bits per heavy atom. The van der Waals surface area contributed by atoms with Gasteiger partial charge in [0.2, 0.25) is 5.91 Å². The summed E-state index contributed by atoms with van der Waals surface area (Å²) < 4.78 is 7.15. The summed E-state index contributed by atoms with van der Waals surface area (Å²) in [5, 5.41) is 0. The van der Waals surface area contributed by atoms with E-state index in [1.165, 1.54) is 0 Å². The van der Waals surface area contributed by atoms with Crippen LogP contribution in [0.15, 0.2) is 53.3 Å². The monoisotopic (exact) mass is 400 g/mol. The average Bonchev–Trinajstić information content (AvgIpc) is 2.89. The third-order valence-corrected chi connectivity index (χ3v) is 5.73. The van der Waals surface area contributed by atoms with Crippen molar-refractivity contribution in [2.75, 3.05) is 0 Å². The summed E-state index contributed by atoms with van der Waals surface area (Å²) >= 11 is 3.44. The van der Waals surface area contributed by atoms with Gasteiger partial charge in [0.25, 0.3) is 0 Å². The Morgan fingerprint density at radius 2 is 1.72 bits per heavy atom. The molecule has 5 heteroatoms. The lowest BCUT2D eigenvalue weighted by molar-refractivity contribution is -0.136. The third kappa shape index (κ3) is 3.71. The highest BCUT2D eigenvalue weighted by Crippen LogP contribution is 2.37. The first-order valence-electron chi connectivity index (χ1n) is 8.81. The third-order valence-electron chi connectivity index (χ3n) is 5.20. The number of amides is 1. The number of halogens is 1. The molecule has 1 aromatic heterocycles. The number of fused-ring (bicyclic) bond motifs is 2. The van der Waals surface area contributed by atoms with E-state index >= 15 is 0 Å². The first kappa shape index (κ1) is 16.6. The quantitative estimate of drug-likeness (QED) is 0.778. The highest BCUT2D eigenvalue weighted by Gasteiger charge is 2.43. The molecule has 2 bridgehead atoms. The van der Waals surface area contributed by atoms with E-state index in [0.29, 0.717) is 18.5 Å². The number of ether oxygens (including phenoxy) is 1. The molecule has 1 aromatic carbocycles. The number of carbonyl (C=O) groups excluding carboxylic acids is 1. The fourth-order valence-corrected chi connectivity index (χ4v) is 4.37. The summed E-state index contributed by atoms with van der Waals surface area (Å²) in [7, 11) is 0. The van der Waals surface area contributed by atoms with Crippen molar-refractivity contribution in [1.82, 2.24) is 9.88 Å².